The number of carboxylic acids is 1. The second-order valence-electron chi connectivity index (χ2n) is 3.56. The van der Waals surface area contributed by atoms with Gasteiger partial charge in [-0.1, -0.05) is 6.08 Å². The molecule has 1 aromatic rings. The highest BCUT2D eigenvalue weighted by molar-refractivity contribution is 5.86. The molecule has 0 aliphatic carbocycles. The average Bonchev–Trinajstić information content (AvgIpc) is 2.37. The molecule has 0 spiro atoms. The van der Waals surface area contributed by atoms with Crippen LogP contribution in [0, 0.1) is 0 Å². The van der Waals surface area contributed by atoms with E-state index in [0.717, 1.165) is 6.07 Å². The summed E-state index contributed by atoms with van der Waals surface area (Å²) in [5, 5.41) is 8.82. The van der Waals surface area contributed by atoms with E-state index in [2.05, 4.69) is 9.97 Å². The Balaban J connectivity index is 3.44. The predicted octanol–water partition coefficient (Wildman–Crippen LogP) is 1.72. The Morgan fingerprint density at radius 3 is 2.68 bits per heavy atom. The van der Waals surface area contributed by atoms with Crippen molar-refractivity contribution in [3.05, 3.63) is 45.6 Å². The van der Waals surface area contributed by atoms with Crippen molar-refractivity contribution in [2.45, 2.75) is 13.8 Å². The van der Waals surface area contributed by atoms with E-state index in [0.29, 0.717) is 0 Å². The van der Waals surface area contributed by atoms with E-state index in [-0.39, 0.29) is 17.2 Å². The Bertz CT molecular complexity index is 616. The zero-order valence-electron chi connectivity index (χ0n) is 10.7. The molecular formula is C12H13FN2O4. The van der Waals surface area contributed by atoms with Crippen molar-refractivity contribution in [3.63, 3.8) is 0 Å². The molecule has 0 aliphatic rings. The number of nitrogens with zero attached hydrogens (tertiary/aromatic N) is 1. The molecule has 1 heterocycles. The van der Waals surface area contributed by atoms with Gasteiger partial charge in [0.2, 0.25) is 0 Å². The van der Waals surface area contributed by atoms with Crippen LogP contribution in [0.2, 0.25) is 0 Å². The highest BCUT2D eigenvalue weighted by atomic mass is 19.1. The van der Waals surface area contributed by atoms with Gasteiger partial charge in [-0.2, -0.15) is 0 Å². The molecule has 0 saturated heterocycles. The smallest absolute Gasteiger partial charge is 0.354 e. The number of halogens is 1. The fraction of sp³-hybridized carbons (Fsp3) is 0.250. The lowest BCUT2D eigenvalue weighted by Crippen LogP contribution is -2.15. The van der Waals surface area contributed by atoms with Gasteiger partial charge in [-0.05, 0) is 13.8 Å². The number of aromatic carboxylic acids is 1. The number of rotatable bonds is 4. The molecule has 0 fully saturated rings. The number of allylic oxidation sites excluding steroid dienone is 4. The van der Waals surface area contributed by atoms with Gasteiger partial charge in [0.25, 0.3) is 5.56 Å². The number of methoxy groups -OCH3 is 1. The number of aromatic nitrogens is 2. The molecule has 0 unspecified atom stereocenters. The van der Waals surface area contributed by atoms with Crippen LogP contribution >= 0.6 is 0 Å². The molecule has 7 heteroatoms. The number of carbonyl (C=O) groups is 1. The van der Waals surface area contributed by atoms with Gasteiger partial charge in [0.05, 0.1) is 12.7 Å². The number of nitrogens with one attached hydrogen (secondary N) is 1. The molecule has 1 rings (SSSR count). The van der Waals surface area contributed by atoms with Crippen LogP contribution in [-0.4, -0.2) is 28.2 Å². The first-order valence-corrected chi connectivity index (χ1v) is 5.32. The molecule has 0 saturated carbocycles. The van der Waals surface area contributed by atoms with Crippen molar-refractivity contribution >= 4 is 11.5 Å². The lowest BCUT2D eigenvalue weighted by Gasteiger charge is -2.07. The van der Waals surface area contributed by atoms with Gasteiger partial charge in [-0.15, -0.1) is 0 Å². The van der Waals surface area contributed by atoms with Crippen molar-refractivity contribution in [2.24, 2.45) is 0 Å². The molecule has 0 bridgehead atoms. The Kier molecular flexibility index (Phi) is 4.57. The average molecular weight is 268 g/mol. The third kappa shape index (κ3) is 3.27. The van der Waals surface area contributed by atoms with Gasteiger partial charge >= 0.3 is 5.97 Å². The third-order valence-electron chi connectivity index (χ3n) is 2.36. The van der Waals surface area contributed by atoms with E-state index in [4.69, 9.17) is 9.84 Å². The summed E-state index contributed by atoms with van der Waals surface area (Å²) in [4.78, 5) is 28.1. The number of H-pyrrole nitrogens is 1. The maximum Gasteiger partial charge on any atom is 0.354 e. The maximum absolute atomic E-state index is 14.0. The SMILES string of the molecule is C/C=C(\C(F)=C(C)OC)c1nc(C(=O)O)cc(=O)[nH]1. The fourth-order valence-electron chi connectivity index (χ4n) is 1.34. The first-order valence-electron chi connectivity index (χ1n) is 5.32. The molecule has 102 valence electrons. The van der Waals surface area contributed by atoms with Gasteiger partial charge in [-0.25, -0.2) is 14.2 Å². The minimum atomic E-state index is -1.37. The molecule has 19 heavy (non-hydrogen) atoms. The summed E-state index contributed by atoms with van der Waals surface area (Å²) < 4.78 is 18.7. The van der Waals surface area contributed by atoms with E-state index in [1.54, 1.807) is 0 Å². The van der Waals surface area contributed by atoms with Gasteiger partial charge in [0.1, 0.15) is 11.6 Å². The Morgan fingerprint density at radius 1 is 1.58 bits per heavy atom. The summed E-state index contributed by atoms with van der Waals surface area (Å²) in [6, 6.07) is 0.823. The van der Waals surface area contributed by atoms with Crippen LogP contribution in [0.3, 0.4) is 0 Å². The fourth-order valence-corrected chi connectivity index (χ4v) is 1.34. The maximum atomic E-state index is 14.0. The van der Waals surface area contributed by atoms with E-state index >= 15 is 0 Å². The lowest BCUT2D eigenvalue weighted by atomic mass is 10.2. The van der Waals surface area contributed by atoms with Gasteiger partial charge in [0, 0.05) is 6.07 Å². The molecule has 2 N–H and O–H groups in total. The van der Waals surface area contributed by atoms with Crippen LogP contribution in [-0.2, 0) is 4.74 Å². The number of carboxylic acid groups (broad SMARTS) is 1. The summed E-state index contributed by atoms with van der Waals surface area (Å²) in [5.41, 5.74) is -1.18. The summed E-state index contributed by atoms with van der Waals surface area (Å²) in [5.74, 6) is -2.26. The van der Waals surface area contributed by atoms with Crippen LogP contribution in [0.25, 0.3) is 5.57 Å². The van der Waals surface area contributed by atoms with E-state index in [1.165, 1.54) is 27.0 Å². The minimum absolute atomic E-state index is 0.00326. The normalized spacial score (nSPS) is 12.9. The summed E-state index contributed by atoms with van der Waals surface area (Å²) >= 11 is 0. The van der Waals surface area contributed by atoms with Crippen molar-refractivity contribution < 1.29 is 19.0 Å². The van der Waals surface area contributed by atoms with E-state index < -0.39 is 23.0 Å². The highest BCUT2D eigenvalue weighted by Crippen LogP contribution is 2.24. The van der Waals surface area contributed by atoms with Crippen LogP contribution in [0.5, 0.6) is 0 Å². The zero-order valence-corrected chi connectivity index (χ0v) is 10.7. The van der Waals surface area contributed by atoms with Gasteiger partial charge in [-0.3, -0.25) is 4.79 Å². The Morgan fingerprint density at radius 2 is 2.21 bits per heavy atom. The number of hydrogen-bond donors (Lipinski definition) is 2. The number of ether oxygens (including phenoxy) is 1. The zero-order chi connectivity index (χ0) is 14.6. The van der Waals surface area contributed by atoms with Crippen LogP contribution in [0.4, 0.5) is 4.39 Å². The first kappa shape index (κ1) is 14.6. The quantitative estimate of drug-likeness (QED) is 0.640. The molecule has 0 amide bonds. The monoisotopic (exact) mass is 268 g/mol. The molecule has 1 aromatic heterocycles. The molecule has 0 atom stereocenters. The molecule has 0 aliphatic heterocycles. The summed E-state index contributed by atoms with van der Waals surface area (Å²) in [7, 11) is 1.30. The first-order chi connectivity index (χ1) is 8.90. The second-order valence-corrected chi connectivity index (χ2v) is 3.56. The molecule has 6 nitrogen and oxygen atoms in total. The van der Waals surface area contributed by atoms with Gasteiger partial charge in [0.15, 0.2) is 11.5 Å². The third-order valence-corrected chi connectivity index (χ3v) is 2.36. The van der Waals surface area contributed by atoms with Crippen molar-refractivity contribution in [2.75, 3.05) is 7.11 Å². The topological polar surface area (TPSA) is 92.3 Å². The van der Waals surface area contributed by atoms with Crippen LogP contribution in [0.1, 0.15) is 30.2 Å². The van der Waals surface area contributed by atoms with Crippen LogP contribution < -0.4 is 5.56 Å². The van der Waals surface area contributed by atoms with Crippen molar-refractivity contribution in [1.82, 2.24) is 9.97 Å². The highest BCUT2D eigenvalue weighted by Gasteiger charge is 2.16. The largest absolute Gasteiger partial charge is 0.498 e. The predicted molar refractivity (Wildman–Crippen MR) is 66.3 cm³/mol. The van der Waals surface area contributed by atoms with Crippen molar-refractivity contribution in [1.29, 1.82) is 0 Å². The Labute approximate surface area is 108 Å². The molecular weight excluding hydrogens is 255 g/mol. The second kappa shape index (κ2) is 5.94. The van der Waals surface area contributed by atoms with E-state index in [1.807, 2.05) is 0 Å². The summed E-state index contributed by atoms with van der Waals surface area (Å²) in [6.45, 7) is 2.93. The molecule has 0 aromatic carbocycles. The van der Waals surface area contributed by atoms with Gasteiger partial charge < -0.3 is 14.8 Å². The standard InChI is InChI=1S/C12H13FN2O4/c1-4-7(10(13)6(2)19-3)11-14-8(12(17)18)5-9(16)15-11/h4-5H,1-3H3,(H,17,18)(H,14,15,16)/b7-4+,10-6?. The van der Waals surface area contributed by atoms with Crippen LogP contribution in [0.15, 0.2) is 28.5 Å². The summed E-state index contributed by atoms with van der Waals surface area (Å²) in [6.07, 6.45) is 1.36. The van der Waals surface area contributed by atoms with Crippen molar-refractivity contribution in [3.8, 4) is 0 Å². The lowest BCUT2D eigenvalue weighted by molar-refractivity contribution is 0.0690. The minimum Gasteiger partial charge on any atom is -0.498 e. The number of hydrogen-bond acceptors (Lipinski definition) is 4. The molecule has 0 radical (unpaired) electrons. The number of aromatic amines is 1. The Hall–Kier alpha value is -2.44. The van der Waals surface area contributed by atoms with E-state index in [9.17, 15) is 14.0 Å².